The second-order valence-corrected chi connectivity index (χ2v) is 3.34. The van der Waals surface area contributed by atoms with E-state index in [4.69, 9.17) is 9.47 Å². The maximum absolute atomic E-state index is 11.6. The molecule has 0 saturated heterocycles. The first-order valence-electron chi connectivity index (χ1n) is 5.73. The summed E-state index contributed by atoms with van der Waals surface area (Å²) >= 11 is 0. The number of ether oxygens (including phenoxy) is 3. The van der Waals surface area contributed by atoms with E-state index in [1.54, 1.807) is 31.2 Å². The Labute approximate surface area is 106 Å². The van der Waals surface area contributed by atoms with E-state index in [1.165, 1.54) is 0 Å². The molecule has 0 aliphatic heterocycles. The summed E-state index contributed by atoms with van der Waals surface area (Å²) in [6, 6.07) is 6.51. The van der Waals surface area contributed by atoms with Gasteiger partial charge in [-0.05, 0) is 38.1 Å². The molecule has 0 heterocycles. The summed E-state index contributed by atoms with van der Waals surface area (Å²) < 4.78 is 14.7. The van der Waals surface area contributed by atoms with Gasteiger partial charge in [0, 0.05) is 0 Å². The Balaban J connectivity index is 2.48. The van der Waals surface area contributed by atoms with Crippen molar-refractivity contribution in [1.29, 1.82) is 0 Å². The van der Waals surface area contributed by atoms with Gasteiger partial charge in [-0.25, -0.2) is 9.59 Å². The van der Waals surface area contributed by atoms with E-state index in [9.17, 15) is 9.59 Å². The van der Waals surface area contributed by atoms with Gasteiger partial charge in [0.05, 0.1) is 18.8 Å². The largest absolute Gasteiger partial charge is 0.494 e. The zero-order valence-corrected chi connectivity index (χ0v) is 10.5. The standard InChI is InChI=1S/C13H16O5/c1-3-16-11-7-5-10(6-8-11)13(15)18-9-12(14)17-4-2/h5-8H,3-4,9H2,1-2H3. The van der Waals surface area contributed by atoms with Crippen LogP contribution in [0.3, 0.4) is 0 Å². The zero-order chi connectivity index (χ0) is 13.4. The Hall–Kier alpha value is -2.04. The maximum atomic E-state index is 11.6. The van der Waals surface area contributed by atoms with Crippen LogP contribution >= 0.6 is 0 Å². The molecule has 0 aliphatic carbocycles. The van der Waals surface area contributed by atoms with Gasteiger partial charge >= 0.3 is 11.9 Å². The lowest BCUT2D eigenvalue weighted by Gasteiger charge is -2.06. The van der Waals surface area contributed by atoms with Gasteiger partial charge in [-0.3, -0.25) is 0 Å². The van der Waals surface area contributed by atoms with Crippen LogP contribution in [0.1, 0.15) is 24.2 Å². The third-order valence-electron chi connectivity index (χ3n) is 2.03. The number of hydrogen-bond acceptors (Lipinski definition) is 5. The van der Waals surface area contributed by atoms with Crippen molar-refractivity contribution in [2.24, 2.45) is 0 Å². The smallest absolute Gasteiger partial charge is 0.344 e. The Morgan fingerprint density at radius 3 is 2.22 bits per heavy atom. The minimum atomic E-state index is -0.564. The van der Waals surface area contributed by atoms with Crippen LogP contribution in [0.25, 0.3) is 0 Å². The molecule has 0 saturated carbocycles. The predicted molar refractivity (Wildman–Crippen MR) is 64.5 cm³/mol. The van der Waals surface area contributed by atoms with Gasteiger partial charge in [-0.2, -0.15) is 0 Å². The van der Waals surface area contributed by atoms with Crippen LogP contribution in [0.2, 0.25) is 0 Å². The minimum Gasteiger partial charge on any atom is -0.494 e. The number of rotatable bonds is 6. The average Bonchev–Trinajstić information content (AvgIpc) is 2.37. The molecule has 18 heavy (non-hydrogen) atoms. The van der Waals surface area contributed by atoms with Crippen molar-refractivity contribution < 1.29 is 23.8 Å². The lowest BCUT2D eigenvalue weighted by molar-refractivity contribution is -0.146. The Morgan fingerprint density at radius 1 is 1.00 bits per heavy atom. The summed E-state index contributed by atoms with van der Waals surface area (Å²) in [6.07, 6.45) is 0. The summed E-state index contributed by atoms with van der Waals surface area (Å²) in [5.41, 5.74) is 0.364. The van der Waals surface area contributed by atoms with E-state index < -0.39 is 11.9 Å². The van der Waals surface area contributed by atoms with E-state index >= 15 is 0 Å². The summed E-state index contributed by atoms with van der Waals surface area (Å²) in [4.78, 5) is 22.6. The summed E-state index contributed by atoms with van der Waals surface area (Å²) in [6.45, 7) is 4.01. The highest BCUT2D eigenvalue weighted by Crippen LogP contribution is 2.12. The number of esters is 2. The molecule has 98 valence electrons. The van der Waals surface area contributed by atoms with E-state index in [2.05, 4.69) is 4.74 Å². The van der Waals surface area contributed by atoms with Crippen molar-refractivity contribution in [2.45, 2.75) is 13.8 Å². The molecule has 0 radical (unpaired) electrons. The molecule has 0 aliphatic rings. The van der Waals surface area contributed by atoms with Crippen molar-refractivity contribution in [3.8, 4) is 5.75 Å². The topological polar surface area (TPSA) is 61.8 Å². The third-order valence-corrected chi connectivity index (χ3v) is 2.03. The van der Waals surface area contributed by atoms with E-state index in [1.807, 2.05) is 6.92 Å². The molecule has 1 aromatic rings. The van der Waals surface area contributed by atoms with Crippen LogP contribution < -0.4 is 4.74 Å². The first kappa shape index (κ1) is 14.0. The summed E-state index contributed by atoms with van der Waals surface area (Å²) in [5.74, 6) is -0.442. The first-order chi connectivity index (χ1) is 8.67. The third kappa shape index (κ3) is 4.45. The van der Waals surface area contributed by atoms with Gasteiger partial charge < -0.3 is 14.2 Å². The number of carbonyl (C=O) groups is 2. The molecule has 0 N–H and O–H groups in total. The lowest BCUT2D eigenvalue weighted by Crippen LogP contribution is -2.16. The average molecular weight is 252 g/mol. The van der Waals surface area contributed by atoms with Crippen LogP contribution in [-0.2, 0) is 14.3 Å². The van der Waals surface area contributed by atoms with Gasteiger partial charge in [0.15, 0.2) is 6.61 Å². The zero-order valence-electron chi connectivity index (χ0n) is 10.5. The fourth-order valence-corrected chi connectivity index (χ4v) is 1.26. The van der Waals surface area contributed by atoms with Crippen LogP contribution in [0.15, 0.2) is 24.3 Å². The molecule has 0 aromatic heterocycles. The fraction of sp³-hybridized carbons (Fsp3) is 0.385. The SMILES string of the molecule is CCOC(=O)COC(=O)c1ccc(OCC)cc1. The Morgan fingerprint density at radius 2 is 1.67 bits per heavy atom. The van der Waals surface area contributed by atoms with Crippen molar-refractivity contribution in [3.63, 3.8) is 0 Å². The molecule has 5 heteroatoms. The van der Waals surface area contributed by atoms with E-state index in [0.717, 1.165) is 0 Å². The molecule has 0 amide bonds. The second kappa shape index (κ2) is 7.32. The maximum Gasteiger partial charge on any atom is 0.344 e. The van der Waals surface area contributed by atoms with Crippen molar-refractivity contribution in [1.82, 2.24) is 0 Å². The van der Waals surface area contributed by atoms with Gasteiger partial charge in [0.2, 0.25) is 0 Å². The van der Waals surface area contributed by atoms with Crippen molar-refractivity contribution in [2.75, 3.05) is 19.8 Å². The quantitative estimate of drug-likeness (QED) is 0.722. The lowest BCUT2D eigenvalue weighted by atomic mass is 10.2. The van der Waals surface area contributed by atoms with Crippen molar-refractivity contribution >= 4 is 11.9 Å². The Kier molecular flexibility index (Phi) is 5.70. The number of carbonyl (C=O) groups excluding carboxylic acids is 2. The van der Waals surface area contributed by atoms with Crippen LogP contribution in [-0.4, -0.2) is 31.8 Å². The van der Waals surface area contributed by atoms with E-state index in [0.29, 0.717) is 17.9 Å². The molecular formula is C13H16O5. The van der Waals surface area contributed by atoms with Crippen molar-refractivity contribution in [3.05, 3.63) is 29.8 Å². The second-order valence-electron chi connectivity index (χ2n) is 3.34. The van der Waals surface area contributed by atoms with Gasteiger partial charge in [-0.1, -0.05) is 0 Å². The van der Waals surface area contributed by atoms with E-state index in [-0.39, 0.29) is 13.2 Å². The minimum absolute atomic E-state index is 0.263. The molecule has 5 nitrogen and oxygen atoms in total. The van der Waals surface area contributed by atoms with Gasteiger partial charge in [0.1, 0.15) is 5.75 Å². The molecule has 0 fully saturated rings. The van der Waals surface area contributed by atoms with Crippen LogP contribution in [0.4, 0.5) is 0 Å². The van der Waals surface area contributed by atoms with Crippen LogP contribution in [0, 0.1) is 0 Å². The number of benzene rings is 1. The molecular weight excluding hydrogens is 236 g/mol. The highest BCUT2D eigenvalue weighted by Gasteiger charge is 2.10. The highest BCUT2D eigenvalue weighted by atomic mass is 16.6. The molecule has 0 spiro atoms. The summed E-state index contributed by atoms with van der Waals surface area (Å²) in [7, 11) is 0. The highest BCUT2D eigenvalue weighted by molar-refractivity contribution is 5.90. The van der Waals surface area contributed by atoms with Gasteiger partial charge in [0.25, 0.3) is 0 Å². The molecule has 1 rings (SSSR count). The normalized spacial score (nSPS) is 9.67. The first-order valence-corrected chi connectivity index (χ1v) is 5.73. The molecule has 0 unspecified atom stereocenters. The fourth-order valence-electron chi connectivity index (χ4n) is 1.26. The molecule has 1 aromatic carbocycles. The Bertz CT molecular complexity index is 396. The summed E-state index contributed by atoms with van der Waals surface area (Å²) in [5, 5.41) is 0. The van der Waals surface area contributed by atoms with Crippen LogP contribution in [0.5, 0.6) is 5.75 Å². The molecule has 0 atom stereocenters. The molecule has 0 bridgehead atoms. The predicted octanol–water partition coefficient (Wildman–Crippen LogP) is 1.81. The van der Waals surface area contributed by atoms with Gasteiger partial charge in [-0.15, -0.1) is 0 Å². The monoisotopic (exact) mass is 252 g/mol. The number of hydrogen-bond donors (Lipinski definition) is 0.